The molecule has 0 saturated carbocycles. The zero-order valence-electron chi connectivity index (χ0n) is 17.3. The molecule has 5 heteroatoms. The fraction of sp³-hybridized carbons (Fsp3) is 0.200. The number of nitrogens with zero attached hydrogens (tertiary/aromatic N) is 2. The van der Waals surface area contributed by atoms with Crippen molar-refractivity contribution in [3.63, 3.8) is 0 Å². The Kier molecular flexibility index (Phi) is 5.80. The Hall–Kier alpha value is -3.60. The topological polar surface area (TPSA) is 55.6 Å². The highest BCUT2D eigenvalue weighted by Crippen LogP contribution is 2.26. The largest absolute Gasteiger partial charge is 0.494 e. The highest BCUT2D eigenvalue weighted by atomic mass is 16.5. The standard InChI is InChI=1S/C25H25N3O2/c1-3-4-15-30-21-12-10-19(11-13-21)25(29)27-22-16-20(9-8-18(22)2)23-17-28-14-6-5-7-24(28)26-23/h5-14,16-17H,3-4,15H2,1-2H3,(H,27,29). The molecule has 0 aliphatic carbocycles. The lowest BCUT2D eigenvalue weighted by Gasteiger charge is -2.11. The number of amides is 1. The van der Waals surface area contributed by atoms with Crippen LogP contribution in [0.2, 0.25) is 0 Å². The summed E-state index contributed by atoms with van der Waals surface area (Å²) < 4.78 is 7.65. The molecule has 2 heterocycles. The molecule has 4 aromatic rings. The molecule has 30 heavy (non-hydrogen) atoms. The Balaban J connectivity index is 1.51. The van der Waals surface area contributed by atoms with E-state index in [0.29, 0.717) is 12.2 Å². The predicted octanol–water partition coefficient (Wildman–Crippen LogP) is 5.74. The van der Waals surface area contributed by atoms with Gasteiger partial charge in [-0.1, -0.05) is 31.5 Å². The van der Waals surface area contributed by atoms with Crippen molar-refractivity contribution in [1.82, 2.24) is 9.38 Å². The van der Waals surface area contributed by atoms with Crippen molar-refractivity contribution in [2.45, 2.75) is 26.7 Å². The number of hydrogen-bond acceptors (Lipinski definition) is 3. The molecule has 5 nitrogen and oxygen atoms in total. The van der Waals surface area contributed by atoms with E-state index in [0.717, 1.165) is 46.7 Å². The highest BCUT2D eigenvalue weighted by Gasteiger charge is 2.11. The molecular weight excluding hydrogens is 374 g/mol. The first-order valence-electron chi connectivity index (χ1n) is 10.2. The van der Waals surface area contributed by atoms with Gasteiger partial charge in [0.15, 0.2) is 0 Å². The number of fused-ring (bicyclic) bond motifs is 1. The van der Waals surface area contributed by atoms with E-state index < -0.39 is 0 Å². The summed E-state index contributed by atoms with van der Waals surface area (Å²) >= 11 is 0. The van der Waals surface area contributed by atoms with Crippen molar-refractivity contribution in [2.24, 2.45) is 0 Å². The number of anilines is 1. The molecule has 2 aromatic heterocycles. The van der Waals surface area contributed by atoms with Crippen LogP contribution in [0.15, 0.2) is 73.1 Å². The average molecular weight is 399 g/mol. The zero-order chi connectivity index (χ0) is 20.9. The number of carbonyl (C=O) groups excluding carboxylic acids is 1. The number of ether oxygens (including phenoxy) is 1. The maximum absolute atomic E-state index is 12.8. The third-order valence-corrected chi connectivity index (χ3v) is 5.03. The highest BCUT2D eigenvalue weighted by molar-refractivity contribution is 6.05. The normalized spacial score (nSPS) is 10.9. The number of unbranched alkanes of at least 4 members (excludes halogenated alkanes) is 1. The van der Waals surface area contributed by atoms with Crippen molar-refractivity contribution < 1.29 is 9.53 Å². The summed E-state index contributed by atoms with van der Waals surface area (Å²) in [7, 11) is 0. The van der Waals surface area contributed by atoms with Crippen molar-refractivity contribution in [3.8, 4) is 17.0 Å². The van der Waals surface area contributed by atoms with Crippen molar-refractivity contribution >= 4 is 17.2 Å². The summed E-state index contributed by atoms with van der Waals surface area (Å²) in [4.78, 5) is 17.4. The minimum absolute atomic E-state index is 0.148. The third-order valence-electron chi connectivity index (χ3n) is 5.03. The maximum Gasteiger partial charge on any atom is 0.255 e. The molecule has 4 rings (SSSR count). The van der Waals surface area contributed by atoms with Gasteiger partial charge in [0.25, 0.3) is 5.91 Å². The summed E-state index contributed by atoms with van der Waals surface area (Å²) in [5.74, 6) is 0.635. The number of hydrogen-bond donors (Lipinski definition) is 1. The van der Waals surface area contributed by atoms with Crippen LogP contribution >= 0.6 is 0 Å². The molecule has 0 spiro atoms. The van der Waals surface area contributed by atoms with E-state index in [9.17, 15) is 4.79 Å². The Morgan fingerprint density at radius 2 is 1.93 bits per heavy atom. The second kappa shape index (κ2) is 8.82. The zero-order valence-corrected chi connectivity index (χ0v) is 17.3. The lowest BCUT2D eigenvalue weighted by Crippen LogP contribution is -2.12. The van der Waals surface area contributed by atoms with Gasteiger partial charge in [0.05, 0.1) is 12.3 Å². The monoisotopic (exact) mass is 399 g/mol. The Morgan fingerprint density at radius 3 is 2.70 bits per heavy atom. The van der Waals surface area contributed by atoms with Crippen LogP contribution in [0, 0.1) is 6.92 Å². The molecule has 0 atom stereocenters. The molecule has 0 unspecified atom stereocenters. The summed E-state index contributed by atoms with van der Waals surface area (Å²) in [5, 5.41) is 3.03. The lowest BCUT2D eigenvalue weighted by molar-refractivity contribution is 0.102. The van der Waals surface area contributed by atoms with Gasteiger partial charge in [0.1, 0.15) is 11.4 Å². The van der Waals surface area contributed by atoms with Crippen LogP contribution in [0.1, 0.15) is 35.7 Å². The molecule has 0 saturated heterocycles. The second-order valence-corrected chi connectivity index (χ2v) is 7.30. The fourth-order valence-electron chi connectivity index (χ4n) is 3.22. The Labute approximate surface area is 176 Å². The number of benzene rings is 2. The van der Waals surface area contributed by atoms with Crippen molar-refractivity contribution in [3.05, 3.63) is 84.2 Å². The van der Waals surface area contributed by atoms with Crippen LogP contribution in [-0.4, -0.2) is 21.9 Å². The van der Waals surface area contributed by atoms with Crippen LogP contribution in [0.4, 0.5) is 5.69 Å². The van der Waals surface area contributed by atoms with Gasteiger partial charge in [-0.3, -0.25) is 4.79 Å². The van der Waals surface area contributed by atoms with Gasteiger partial charge >= 0.3 is 0 Å². The summed E-state index contributed by atoms with van der Waals surface area (Å²) in [5.41, 5.74) is 5.08. The van der Waals surface area contributed by atoms with Crippen LogP contribution in [0.25, 0.3) is 16.9 Å². The van der Waals surface area contributed by atoms with E-state index in [4.69, 9.17) is 4.74 Å². The molecule has 1 N–H and O–H groups in total. The van der Waals surface area contributed by atoms with E-state index in [2.05, 4.69) is 17.2 Å². The minimum Gasteiger partial charge on any atom is -0.494 e. The third kappa shape index (κ3) is 4.35. The number of imidazole rings is 1. The molecule has 0 aliphatic heterocycles. The van der Waals surface area contributed by atoms with Gasteiger partial charge in [-0.25, -0.2) is 4.98 Å². The smallest absolute Gasteiger partial charge is 0.255 e. The number of pyridine rings is 1. The number of rotatable bonds is 7. The lowest BCUT2D eigenvalue weighted by atomic mass is 10.1. The van der Waals surface area contributed by atoms with E-state index in [-0.39, 0.29) is 5.91 Å². The van der Waals surface area contributed by atoms with Crippen molar-refractivity contribution in [2.75, 3.05) is 11.9 Å². The van der Waals surface area contributed by atoms with Gasteiger partial charge in [-0.15, -0.1) is 0 Å². The van der Waals surface area contributed by atoms with Gasteiger partial charge in [-0.2, -0.15) is 0 Å². The summed E-state index contributed by atoms with van der Waals surface area (Å²) in [6, 6.07) is 19.2. The first-order chi connectivity index (χ1) is 14.6. The maximum atomic E-state index is 12.8. The summed E-state index contributed by atoms with van der Waals surface area (Å²) in [6.45, 7) is 4.80. The fourth-order valence-corrected chi connectivity index (χ4v) is 3.22. The van der Waals surface area contributed by atoms with Gasteiger partial charge in [0.2, 0.25) is 0 Å². The van der Waals surface area contributed by atoms with Crippen molar-refractivity contribution in [1.29, 1.82) is 0 Å². The van der Waals surface area contributed by atoms with E-state index in [1.54, 1.807) is 12.1 Å². The first-order valence-corrected chi connectivity index (χ1v) is 10.2. The van der Waals surface area contributed by atoms with E-state index >= 15 is 0 Å². The molecular formula is C25H25N3O2. The quantitative estimate of drug-likeness (QED) is 0.403. The van der Waals surface area contributed by atoms with Crippen LogP contribution in [0.3, 0.4) is 0 Å². The molecule has 152 valence electrons. The SMILES string of the molecule is CCCCOc1ccc(C(=O)Nc2cc(-c3cn4ccccc4n3)ccc2C)cc1. The molecule has 0 fully saturated rings. The Bertz CT molecular complexity index is 1130. The number of carbonyl (C=O) groups is 1. The van der Waals surface area contributed by atoms with Gasteiger partial charge < -0.3 is 14.5 Å². The van der Waals surface area contributed by atoms with Gasteiger partial charge in [-0.05, 0) is 61.4 Å². The number of aromatic nitrogens is 2. The summed E-state index contributed by atoms with van der Waals surface area (Å²) in [6.07, 6.45) is 6.07. The number of nitrogens with one attached hydrogen (secondary N) is 1. The molecule has 1 amide bonds. The number of aryl methyl sites for hydroxylation is 1. The molecule has 2 aromatic carbocycles. The van der Waals surface area contributed by atoms with Crippen LogP contribution < -0.4 is 10.1 Å². The van der Waals surface area contributed by atoms with Gasteiger partial charge in [0, 0.05) is 29.2 Å². The molecule has 0 bridgehead atoms. The minimum atomic E-state index is -0.148. The first kappa shape index (κ1) is 19.7. The van der Waals surface area contributed by atoms with Crippen LogP contribution in [0.5, 0.6) is 5.75 Å². The van der Waals surface area contributed by atoms with E-state index in [1.165, 1.54) is 0 Å². The molecule has 0 radical (unpaired) electrons. The predicted molar refractivity (Wildman–Crippen MR) is 120 cm³/mol. The molecule has 0 aliphatic rings. The van der Waals surface area contributed by atoms with Crippen LogP contribution in [-0.2, 0) is 0 Å². The average Bonchev–Trinajstić information content (AvgIpc) is 3.20. The Morgan fingerprint density at radius 1 is 1.10 bits per heavy atom. The second-order valence-electron chi connectivity index (χ2n) is 7.30. The van der Waals surface area contributed by atoms with E-state index in [1.807, 2.05) is 72.2 Å².